The van der Waals surface area contributed by atoms with E-state index in [1.165, 1.54) is 81.7 Å². The Labute approximate surface area is 506 Å². The van der Waals surface area contributed by atoms with Gasteiger partial charge in [0.05, 0.1) is 26.6 Å². The maximum absolute atomic E-state index is 13.1. The number of sulfone groups is 3. The molecule has 0 amide bonds. The monoisotopic (exact) mass is 1230 g/mol. The molecule has 85 heavy (non-hydrogen) atoms. The fourth-order valence-corrected chi connectivity index (χ4v) is 13.1. The van der Waals surface area contributed by atoms with Crippen LogP contribution in [0.4, 0.5) is 11.4 Å². The van der Waals surface area contributed by atoms with Crippen molar-refractivity contribution in [3.05, 3.63) is 250 Å². The summed E-state index contributed by atoms with van der Waals surface area (Å²) < 4.78 is 86.4. The number of carbonyl (C=O) groups is 2. The summed E-state index contributed by atoms with van der Waals surface area (Å²) in [5, 5.41) is 13.9. The zero-order valence-corrected chi connectivity index (χ0v) is 51.5. The van der Waals surface area contributed by atoms with Gasteiger partial charge in [-0.25, -0.2) is 25.3 Å². The fraction of sp³-hybridized carbons (Fsp3) is 0.197. The van der Waals surface area contributed by atoms with Gasteiger partial charge >= 0.3 is 0 Å². The van der Waals surface area contributed by atoms with Gasteiger partial charge in [0.1, 0.15) is 38.6 Å². The molecule has 0 bridgehead atoms. The van der Waals surface area contributed by atoms with Crippen LogP contribution in [0, 0.1) is 0 Å². The number of hydrogen-bond acceptors (Lipinski definition) is 15. The molecule has 0 radical (unpaired) electrons. The maximum atomic E-state index is 13.1. The number of benzene rings is 7. The predicted molar refractivity (Wildman–Crippen MR) is 341 cm³/mol. The molecule has 0 spiro atoms. The number of aliphatic imine (C=N–C) groups is 1. The van der Waals surface area contributed by atoms with Crippen molar-refractivity contribution < 1.29 is 49.4 Å². The molecule has 0 aromatic heterocycles. The highest BCUT2D eigenvalue weighted by molar-refractivity contribution is 7.97. The highest BCUT2D eigenvalue weighted by Crippen LogP contribution is 2.40. The van der Waals surface area contributed by atoms with Gasteiger partial charge in [0.2, 0.25) is 25.5 Å². The first-order valence-corrected chi connectivity index (χ1v) is 32.0. The minimum atomic E-state index is -4.15. The lowest BCUT2D eigenvalue weighted by Crippen LogP contribution is -2.21. The van der Waals surface area contributed by atoms with Crippen LogP contribution in [-0.4, -0.2) is 103 Å². The van der Waals surface area contributed by atoms with Crippen LogP contribution >= 0.6 is 12.4 Å². The molecule has 10 rings (SSSR count). The quantitative estimate of drug-likeness (QED) is 0.0525. The van der Waals surface area contributed by atoms with Crippen LogP contribution in [-0.2, 0) is 29.5 Å². The van der Waals surface area contributed by atoms with Crippen molar-refractivity contribution in [2.45, 2.75) is 56.2 Å². The number of halogens is 1. The topological polar surface area (TPSA) is 206 Å². The van der Waals surface area contributed by atoms with Crippen LogP contribution < -0.4 is 14.8 Å². The smallest absolute Gasteiger partial charge is 0.211 e. The van der Waals surface area contributed by atoms with E-state index in [0.29, 0.717) is 11.3 Å². The number of Topliss-reactive ketones (excluding diaryl/α,β-unsaturated/α-hetero) is 2. The van der Waals surface area contributed by atoms with Gasteiger partial charge in [-0.15, -0.1) is 12.4 Å². The van der Waals surface area contributed by atoms with Gasteiger partial charge in [-0.05, 0) is 118 Å². The molecule has 0 unspecified atom stereocenters. The Morgan fingerprint density at radius 2 is 0.929 bits per heavy atom. The van der Waals surface area contributed by atoms with E-state index in [2.05, 4.69) is 61.7 Å². The number of hydrogen-bond donors (Lipinski definition) is 2. The summed E-state index contributed by atoms with van der Waals surface area (Å²) in [6, 6.07) is 55.6. The lowest BCUT2D eigenvalue weighted by Gasteiger charge is -2.13. The van der Waals surface area contributed by atoms with Crippen molar-refractivity contribution in [3.63, 3.8) is 0 Å². The molecule has 3 aliphatic rings. The van der Waals surface area contributed by atoms with E-state index in [9.17, 15) is 39.9 Å². The Bertz CT molecular complexity index is 3830. The Kier molecular flexibility index (Phi) is 26.0. The Hall–Kier alpha value is -8.23. The Morgan fingerprint density at radius 3 is 1.39 bits per heavy atom. The number of nitrogens with zero attached hydrogens (tertiary/aromatic N) is 3. The number of para-hydroxylation sites is 4. The summed E-state index contributed by atoms with van der Waals surface area (Å²) in [6.07, 6.45) is 5.52. The van der Waals surface area contributed by atoms with Crippen molar-refractivity contribution in [1.82, 2.24) is 9.80 Å². The molecular formula is C66H71ClN4O11S3. The van der Waals surface area contributed by atoms with Crippen LogP contribution in [0.15, 0.2) is 253 Å². The number of rotatable bonds is 16. The van der Waals surface area contributed by atoms with E-state index in [1.807, 2.05) is 91.0 Å². The van der Waals surface area contributed by atoms with Crippen molar-refractivity contribution in [3.8, 4) is 11.5 Å². The first-order chi connectivity index (χ1) is 40.4. The van der Waals surface area contributed by atoms with Gasteiger partial charge in [0.25, 0.3) is 0 Å². The molecule has 446 valence electrons. The second kappa shape index (κ2) is 32.7. The molecule has 0 saturated heterocycles. The van der Waals surface area contributed by atoms with Crippen LogP contribution in [0.2, 0.25) is 0 Å². The number of nitrogens with one attached hydrogen (secondary N) is 1. The first-order valence-electron chi connectivity index (χ1n) is 27.4. The second-order valence-electron chi connectivity index (χ2n) is 18.5. The molecular weight excluding hydrogens is 1160 g/mol. The van der Waals surface area contributed by atoms with Gasteiger partial charge in [-0.3, -0.25) is 14.6 Å². The number of aliphatic hydroxyl groups is 1. The number of aliphatic hydroxyl groups excluding tert-OH is 1. The largest absolute Gasteiger partial charge is 0.506 e. The van der Waals surface area contributed by atoms with E-state index < -0.39 is 50.9 Å². The average Bonchev–Trinajstić information content (AvgIpc) is 2.78. The lowest BCUT2D eigenvalue weighted by atomic mass is 10.1. The molecule has 0 aliphatic carbocycles. The number of ketones is 2. The number of ether oxygens (including phenoxy) is 2. The van der Waals surface area contributed by atoms with E-state index in [0.717, 1.165) is 29.3 Å². The van der Waals surface area contributed by atoms with Crippen LogP contribution in [0.3, 0.4) is 0 Å². The highest BCUT2D eigenvalue weighted by atomic mass is 35.5. The number of allylic oxidation sites excluding steroid dienone is 4. The first kappa shape index (κ1) is 67.6. The average molecular weight is 1230 g/mol. The lowest BCUT2D eigenvalue weighted by molar-refractivity contribution is 0.102. The third-order valence-electron chi connectivity index (χ3n) is 13.2. The molecule has 7 aromatic rings. The SMILES string of the molecule is C(=Nc1ccccc1)C(=CNc1ccccc1)Oc1ccccc1.CCN(CC)CC.CCN(CC)CC.Cl.O=C1C(=CC(=CC2=C(O)c3ccccc3S2(=O)=O)Oc2ccccc2)S(=O)(=O)c2ccccc21.O=C1CS(=O)(=O)c2ccccc21. The zero-order chi connectivity index (χ0) is 60.7. The highest BCUT2D eigenvalue weighted by Gasteiger charge is 2.40. The molecule has 3 aliphatic heterocycles. The number of anilines is 1. The van der Waals surface area contributed by atoms with Crippen LogP contribution in [0.25, 0.3) is 5.76 Å². The van der Waals surface area contributed by atoms with Crippen LogP contribution in [0.1, 0.15) is 67.8 Å². The van der Waals surface area contributed by atoms with E-state index in [1.54, 1.807) is 73.1 Å². The van der Waals surface area contributed by atoms with Crippen molar-refractivity contribution >= 4 is 76.8 Å². The standard InChI is InChI=1S/C25H16O7S2.C21H18N2O.C8H6O3S.2C6H15N.ClH/c26-24-18-10-4-6-12-20(18)33(28,29)22(24)14-17(32-16-8-2-1-3-9-16)15-23-25(27)19-11-5-7-13-21(19)34(23,30)31;1-4-10-18(11-5-1)22-16-21(24-20-14-8-3-9-15-20)17-23-19-12-6-2-7-13-19;9-7-5-12(10,11)8-4-2-1-3-6(7)8;2*1-4-7(5-2)6-3;/h1-15,26H;1-17,22H;1-4H,5H2;2*4-6H2,1-3H3;1H. The molecule has 2 N–H and O–H groups in total. The molecule has 0 fully saturated rings. The zero-order valence-electron chi connectivity index (χ0n) is 48.2. The number of fused-ring (bicyclic) bond motifs is 3. The minimum absolute atomic E-state index is 0. The molecule has 0 atom stereocenters. The number of carbonyl (C=O) groups excluding carboxylic acids is 2. The molecule has 3 heterocycles. The second-order valence-corrected chi connectivity index (χ2v) is 24.2. The maximum Gasteiger partial charge on any atom is 0.211 e. The van der Waals surface area contributed by atoms with Crippen molar-refractivity contribution in [1.29, 1.82) is 0 Å². The summed E-state index contributed by atoms with van der Waals surface area (Å²) in [4.78, 5) is 32.2. The Morgan fingerprint density at radius 1 is 0.518 bits per heavy atom. The van der Waals surface area contributed by atoms with Gasteiger partial charge < -0.3 is 29.7 Å². The summed E-state index contributed by atoms with van der Waals surface area (Å²) in [7, 11) is -11.6. The van der Waals surface area contributed by atoms with Crippen molar-refractivity contribution in [2.75, 3.05) is 50.3 Å². The van der Waals surface area contributed by atoms with Gasteiger partial charge in [0, 0.05) is 40.7 Å². The summed E-state index contributed by atoms with van der Waals surface area (Å²) in [5.74, 6) is -0.478. The minimum Gasteiger partial charge on any atom is -0.506 e. The van der Waals surface area contributed by atoms with Crippen LogP contribution in [0.5, 0.6) is 11.5 Å². The van der Waals surface area contributed by atoms with E-state index in [4.69, 9.17) is 9.47 Å². The van der Waals surface area contributed by atoms with E-state index in [-0.39, 0.29) is 61.3 Å². The molecule has 7 aromatic carbocycles. The normalized spacial score (nSPS) is 15.3. The fourth-order valence-electron chi connectivity index (χ4n) is 8.51. The summed E-state index contributed by atoms with van der Waals surface area (Å²) in [5.41, 5.74) is 2.34. The third-order valence-corrected chi connectivity index (χ3v) is 18.5. The summed E-state index contributed by atoms with van der Waals surface area (Å²) >= 11 is 0. The predicted octanol–water partition coefficient (Wildman–Crippen LogP) is 13.4. The third kappa shape index (κ3) is 18.4. The van der Waals surface area contributed by atoms with E-state index >= 15 is 0 Å². The summed E-state index contributed by atoms with van der Waals surface area (Å²) in [6.45, 7) is 20.2. The Balaban J connectivity index is 0.000000223. The van der Waals surface area contributed by atoms with Gasteiger partial charge in [-0.1, -0.05) is 157 Å². The van der Waals surface area contributed by atoms with Crippen molar-refractivity contribution in [2.24, 2.45) is 4.99 Å². The van der Waals surface area contributed by atoms with Gasteiger partial charge in [-0.2, -0.15) is 0 Å². The van der Waals surface area contributed by atoms with Gasteiger partial charge in [0.15, 0.2) is 21.4 Å². The molecule has 19 heteroatoms. The molecule has 0 saturated carbocycles. The molecule has 15 nitrogen and oxygen atoms in total.